The normalized spacial score (nSPS) is 18.3. The molecule has 1 saturated heterocycles. The van der Waals surface area contributed by atoms with Gasteiger partial charge in [0.2, 0.25) is 0 Å². The van der Waals surface area contributed by atoms with Gasteiger partial charge in [-0.15, -0.1) is 0 Å². The van der Waals surface area contributed by atoms with Gasteiger partial charge in [0.1, 0.15) is 0 Å². The third kappa shape index (κ3) is 6.13. The number of aromatic nitrogens is 2. The van der Waals surface area contributed by atoms with Crippen LogP contribution in [0.4, 0.5) is 0 Å². The lowest BCUT2D eigenvalue weighted by Crippen LogP contribution is -2.44. The Kier molecular flexibility index (Phi) is 6.63. The van der Waals surface area contributed by atoms with Crippen LogP contribution >= 0.6 is 0 Å². The van der Waals surface area contributed by atoms with Crippen molar-refractivity contribution in [2.24, 2.45) is 7.05 Å². The smallest absolute Gasteiger partial charge is 0.0793 e. The van der Waals surface area contributed by atoms with Crippen LogP contribution in [-0.2, 0) is 18.2 Å². The summed E-state index contributed by atoms with van der Waals surface area (Å²) < 4.78 is 7.16. The van der Waals surface area contributed by atoms with E-state index in [1.807, 2.05) is 17.9 Å². The number of nitrogens with zero attached hydrogens (tertiary/aromatic N) is 4. The van der Waals surface area contributed by atoms with Crippen LogP contribution in [0.25, 0.3) is 0 Å². The van der Waals surface area contributed by atoms with E-state index in [2.05, 4.69) is 28.1 Å². The van der Waals surface area contributed by atoms with Crippen molar-refractivity contribution in [2.75, 3.05) is 53.0 Å². The largest absolute Gasteiger partial charge is 0.390 e. The van der Waals surface area contributed by atoms with E-state index in [0.29, 0.717) is 0 Å². The van der Waals surface area contributed by atoms with Crippen LogP contribution in [-0.4, -0.2) is 83.8 Å². The molecule has 2 heterocycles. The molecule has 6 heteroatoms. The molecular weight excluding hydrogens is 268 g/mol. The molecule has 6 nitrogen and oxygen atoms in total. The van der Waals surface area contributed by atoms with Gasteiger partial charge in [-0.05, 0) is 32.0 Å². The number of aryl methyl sites for hydroxylation is 2. The number of ether oxygens (including phenoxy) is 1. The predicted octanol–water partition coefficient (Wildman–Crippen LogP) is -0.0224. The van der Waals surface area contributed by atoms with Crippen LogP contribution in [0.5, 0.6) is 0 Å². The van der Waals surface area contributed by atoms with E-state index in [4.69, 9.17) is 4.74 Å². The zero-order chi connectivity index (χ0) is 15.1. The Labute approximate surface area is 127 Å². The average Bonchev–Trinajstić information content (AvgIpc) is 2.85. The maximum absolute atomic E-state index is 10.2. The zero-order valence-electron chi connectivity index (χ0n) is 13.2. The number of aliphatic hydroxyl groups is 1. The van der Waals surface area contributed by atoms with E-state index in [0.717, 1.165) is 58.8 Å². The van der Waals surface area contributed by atoms with Crippen molar-refractivity contribution in [1.82, 2.24) is 19.6 Å². The maximum atomic E-state index is 10.2. The van der Waals surface area contributed by atoms with Crippen molar-refractivity contribution in [3.05, 3.63) is 18.0 Å². The summed E-state index contributed by atoms with van der Waals surface area (Å²) in [4.78, 5) is 4.49. The van der Waals surface area contributed by atoms with Crippen LogP contribution < -0.4 is 0 Å². The minimum absolute atomic E-state index is 0.286. The van der Waals surface area contributed by atoms with E-state index in [-0.39, 0.29) is 6.10 Å². The van der Waals surface area contributed by atoms with Gasteiger partial charge in [0.25, 0.3) is 0 Å². The lowest BCUT2D eigenvalue weighted by molar-refractivity contribution is 0.00867. The lowest BCUT2D eigenvalue weighted by atomic mass is 10.2. The highest BCUT2D eigenvalue weighted by Crippen LogP contribution is 2.03. The molecule has 0 spiro atoms. The number of morpholine rings is 1. The van der Waals surface area contributed by atoms with Gasteiger partial charge in [-0.2, -0.15) is 5.10 Å². The Hall–Kier alpha value is -0.950. The standard InChI is InChI=1S/C15H28N4O2/c1-17(5-3-4-14-10-16-18(2)11-14)12-15(20)13-19-6-8-21-9-7-19/h10-11,15,20H,3-9,12-13H2,1-2H3. The molecule has 0 amide bonds. The number of hydrogen-bond acceptors (Lipinski definition) is 5. The molecule has 0 bridgehead atoms. The van der Waals surface area contributed by atoms with E-state index >= 15 is 0 Å². The summed E-state index contributed by atoms with van der Waals surface area (Å²) in [6.07, 6.45) is 5.83. The Bertz CT molecular complexity index is 404. The SMILES string of the molecule is CN(CCCc1cnn(C)c1)CC(O)CN1CCOCC1. The Morgan fingerprint density at radius 2 is 2.19 bits per heavy atom. The van der Waals surface area contributed by atoms with Crippen molar-refractivity contribution >= 4 is 0 Å². The molecule has 1 fully saturated rings. The minimum Gasteiger partial charge on any atom is -0.390 e. The molecule has 0 radical (unpaired) electrons. The molecule has 1 aromatic heterocycles. The molecule has 0 aliphatic carbocycles. The fraction of sp³-hybridized carbons (Fsp3) is 0.800. The zero-order valence-corrected chi connectivity index (χ0v) is 13.2. The van der Waals surface area contributed by atoms with Gasteiger partial charge < -0.3 is 14.7 Å². The van der Waals surface area contributed by atoms with Crippen molar-refractivity contribution in [2.45, 2.75) is 18.9 Å². The number of aliphatic hydroxyl groups excluding tert-OH is 1. The van der Waals surface area contributed by atoms with Crippen LogP contribution in [0.1, 0.15) is 12.0 Å². The highest BCUT2D eigenvalue weighted by atomic mass is 16.5. The van der Waals surface area contributed by atoms with Crippen molar-refractivity contribution in [3.8, 4) is 0 Å². The fourth-order valence-electron chi connectivity index (χ4n) is 2.74. The maximum Gasteiger partial charge on any atom is 0.0793 e. The number of rotatable bonds is 8. The number of β-amino-alcohol motifs (C(OH)–C–C–N with tert-alkyl or cyclic N) is 1. The molecule has 0 aromatic carbocycles. The molecule has 1 unspecified atom stereocenters. The highest BCUT2D eigenvalue weighted by molar-refractivity contribution is 5.03. The van der Waals surface area contributed by atoms with Crippen LogP contribution in [0.2, 0.25) is 0 Å². The second kappa shape index (κ2) is 8.48. The molecule has 1 aliphatic heterocycles. The monoisotopic (exact) mass is 296 g/mol. The Morgan fingerprint density at radius 1 is 1.43 bits per heavy atom. The third-order valence-corrected chi connectivity index (χ3v) is 3.86. The Balaban J connectivity index is 1.58. The van der Waals surface area contributed by atoms with Crippen LogP contribution in [0.3, 0.4) is 0 Å². The summed E-state index contributed by atoms with van der Waals surface area (Å²) in [5, 5.41) is 14.3. The molecule has 21 heavy (non-hydrogen) atoms. The van der Waals surface area contributed by atoms with Crippen molar-refractivity contribution in [3.63, 3.8) is 0 Å². The van der Waals surface area contributed by atoms with E-state index < -0.39 is 0 Å². The first-order valence-electron chi connectivity index (χ1n) is 7.77. The quantitative estimate of drug-likeness (QED) is 0.730. The molecule has 2 rings (SSSR count). The van der Waals surface area contributed by atoms with Gasteiger partial charge in [0, 0.05) is 39.4 Å². The second-order valence-electron chi connectivity index (χ2n) is 5.95. The first-order valence-corrected chi connectivity index (χ1v) is 7.77. The summed E-state index contributed by atoms with van der Waals surface area (Å²) >= 11 is 0. The van der Waals surface area contributed by atoms with Gasteiger partial charge in [-0.25, -0.2) is 0 Å². The number of likely N-dealkylation sites (N-methyl/N-ethyl adjacent to an activating group) is 1. The first-order chi connectivity index (χ1) is 10.1. The Morgan fingerprint density at radius 3 is 2.86 bits per heavy atom. The molecule has 1 N–H and O–H groups in total. The molecular formula is C15H28N4O2. The summed E-state index contributed by atoms with van der Waals surface area (Å²) in [5.41, 5.74) is 1.28. The predicted molar refractivity (Wildman–Crippen MR) is 82.3 cm³/mol. The van der Waals surface area contributed by atoms with Gasteiger partial charge in [-0.1, -0.05) is 0 Å². The molecule has 120 valence electrons. The second-order valence-corrected chi connectivity index (χ2v) is 5.95. The van der Waals surface area contributed by atoms with Crippen LogP contribution in [0, 0.1) is 0 Å². The topological polar surface area (TPSA) is 53.8 Å². The van der Waals surface area contributed by atoms with Crippen molar-refractivity contribution in [1.29, 1.82) is 0 Å². The highest BCUT2D eigenvalue weighted by Gasteiger charge is 2.16. The van der Waals surface area contributed by atoms with Crippen LogP contribution in [0.15, 0.2) is 12.4 Å². The van der Waals surface area contributed by atoms with Gasteiger partial charge >= 0.3 is 0 Å². The van der Waals surface area contributed by atoms with Gasteiger partial charge in [0.05, 0.1) is 25.5 Å². The summed E-state index contributed by atoms with van der Waals surface area (Å²) in [5.74, 6) is 0. The van der Waals surface area contributed by atoms with E-state index in [9.17, 15) is 5.11 Å². The molecule has 1 aromatic rings. The molecule has 0 saturated carbocycles. The fourth-order valence-corrected chi connectivity index (χ4v) is 2.74. The van der Waals surface area contributed by atoms with Crippen molar-refractivity contribution < 1.29 is 9.84 Å². The molecule has 1 aliphatic rings. The first kappa shape index (κ1) is 16.4. The lowest BCUT2D eigenvalue weighted by Gasteiger charge is -2.30. The summed E-state index contributed by atoms with van der Waals surface area (Å²) in [6.45, 7) is 5.90. The van der Waals surface area contributed by atoms with E-state index in [1.54, 1.807) is 0 Å². The number of hydrogen-bond donors (Lipinski definition) is 1. The van der Waals surface area contributed by atoms with E-state index in [1.165, 1.54) is 5.56 Å². The third-order valence-electron chi connectivity index (χ3n) is 3.86. The summed E-state index contributed by atoms with van der Waals surface area (Å²) in [7, 11) is 4.02. The molecule has 1 atom stereocenters. The van der Waals surface area contributed by atoms with Gasteiger partial charge in [-0.3, -0.25) is 9.58 Å². The summed E-state index contributed by atoms with van der Waals surface area (Å²) in [6, 6.07) is 0. The minimum atomic E-state index is -0.286. The average molecular weight is 296 g/mol. The van der Waals surface area contributed by atoms with Gasteiger partial charge in [0.15, 0.2) is 0 Å².